The van der Waals surface area contributed by atoms with Gasteiger partial charge >= 0.3 is 0 Å². The van der Waals surface area contributed by atoms with E-state index >= 15 is 0 Å². The van der Waals surface area contributed by atoms with Gasteiger partial charge in [0.05, 0.1) is 5.69 Å². The third kappa shape index (κ3) is 3.21. The van der Waals surface area contributed by atoms with Crippen LogP contribution >= 0.6 is 0 Å². The van der Waals surface area contributed by atoms with Crippen molar-refractivity contribution >= 4 is 11.7 Å². The second-order valence-electron chi connectivity index (χ2n) is 6.74. The van der Waals surface area contributed by atoms with Crippen LogP contribution in [0.15, 0.2) is 30.3 Å². The Morgan fingerprint density at radius 1 is 1.32 bits per heavy atom. The van der Waals surface area contributed by atoms with Crippen LogP contribution < -0.4 is 5.32 Å². The molecule has 2 aliphatic rings. The molecule has 1 aromatic carbocycles. The molecule has 0 radical (unpaired) electrons. The SMILES string of the molecule is CCNc1cc2c(nn1)CCN(C(=O)[C@H]1C[C@@H]1c1ccc(F)cc1)C2. The minimum absolute atomic E-state index is 0.0232. The number of hydrogen-bond donors (Lipinski definition) is 1. The van der Waals surface area contributed by atoms with Crippen LogP contribution in [0.25, 0.3) is 0 Å². The van der Waals surface area contributed by atoms with Crippen molar-refractivity contribution in [3.8, 4) is 0 Å². The maximum Gasteiger partial charge on any atom is 0.226 e. The largest absolute Gasteiger partial charge is 0.369 e. The van der Waals surface area contributed by atoms with Crippen molar-refractivity contribution in [2.45, 2.75) is 32.2 Å². The first kappa shape index (κ1) is 16.0. The van der Waals surface area contributed by atoms with E-state index in [9.17, 15) is 9.18 Å². The maximum atomic E-state index is 13.1. The van der Waals surface area contributed by atoms with E-state index in [1.165, 1.54) is 12.1 Å². The highest BCUT2D eigenvalue weighted by Gasteiger charge is 2.46. The zero-order valence-electron chi connectivity index (χ0n) is 14.2. The summed E-state index contributed by atoms with van der Waals surface area (Å²) in [5, 5.41) is 11.6. The van der Waals surface area contributed by atoms with Crippen LogP contribution in [0.5, 0.6) is 0 Å². The molecule has 1 fully saturated rings. The standard InChI is InChI=1S/C19H21FN4O/c1-2-21-18-9-13-11-24(8-7-17(13)22-23-18)19(25)16-10-15(16)12-3-5-14(20)6-4-12/h3-6,9,15-16H,2,7-8,10-11H2,1H3,(H,21,23)/t15-,16+/m1/s1. The van der Waals surface area contributed by atoms with Gasteiger partial charge < -0.3 is 10.2 Å². The first-order valence-corrected chi connectivity index (χ1v) is 8.79. The van der Waals surface area contributed by atoms with Crippen LogP contribution in [0, 0.1) is 11.7 Å². The number of aromatic nitrogens is 2. The highest BCUT2D eigenvalue weighted by atomic mass is 19.1. The molecule has 2 aromatic rings. The number of benzene rings is 1. The molecule has 1 aliphatic heterocycles. The van der Waals surface area contributed by atoms with Crippen LogP contribution in [-0.4, -0.2) is 34.1 Å². The Bertz CT molecular complexity index is 793. The van der Waals surface area contributed by atoms with E-state index in [1.54, 1.807) is 12.1 Å². The van der Waals surface area contributed by atoms with Gasteiger partial charge in [-0.1, -0.05) is 12.1 Å². The smallest absolute Gasteiger partial charge is 0.226 e. The highest BCUT2D eigenvalue weighted by molar-refractivity contribution is 5.83. The summed E-state index contributed by atoms with van der Waals surface area (Å²) < 4.78 is 13.1. The number of carbonyl (C=O) groups is 1. The monoisotopic (exact) mass is 340 g/mol. The third-order valence-corrected chi connectivity index (χ3v) is 5.02. The highest BCUT2D eigenvalue weighted by Crippen LogP contribution is 2.48. The van der Waals surface area contributed by atoms with Crippen LogP contribution in [-0.2, 0) is 17.8 Å². The number of nitrogens with zero attached hydrogens (tertiary/aromatic N) is 3. The van der Waals surface area contributed by atoms with E-state index in [4.69, 9.17) is 0 Å². The van der Waals surface area contributed by atoms with Gasteiger partial charge in [-0.15, -0.1) is 5.10 Å². The van der Waals surface area contributed by atoms with Crippen molar-refractivity contribution < 1.29 is 9.18 Å². The lowest BCUT2D eigenvalue weighted by atomic mass is 10.0. The summed E-state index contributed by atoms with van der Waals surface area (Å²) in [6.07, 6.45) is 1.60. The van der Waals surface area contributed by atoms with Crippen LogP contribution in [0.2, 0.25) is 0 Å². The molecular formula is C19H21FN4O. The molecule has 6 heteroatoms. The number of fused-ring (bicyclic) bond motifs is 1. The fourth-order valence-corrected chi connectivity index (χ4v) is 3.57. The molecule has 4 rings (SSSR count). The molecule has 0 spiro atoms. The summed E-state index contributed by atoms with van der Waals surface area (Å²) in [6, 6.07) is 8.50. The van der Waals surface area contributed by atoms with E-state index in [2.05, 4.69) is 15.5 Å². The number of halogens is 1. The Morgan fingerprint density at radius 3 is 2.88 bits per heavy atom. The Balaban J connectivity index is 1.44. The van der Waals surface area contributed by atoms with Crippen LogP contribution in [0.4, 0.5) is 10.2 Å². The Kier molecular flexibility index (Phi) is 4.11. The summed E-state index contributed by atoms with van der Waals surface area (Å²) in [7, 11) is 0. The number of anilines is 1. The van der Waals surface area contributed by atoms with Crippen LogP contribution in [0.1, 0.15) is 36.1 Å². The maximum absolute atomic E-state index is 13.1. The van der Waals surface area contributed by atoms with Gasteiger partial charge in [0.25, 0.3) is 0 Å². The Hall–Kier alpha value is -2.50. The van der Waals surface area contributed by atoms with E-state index in [0.717, 1.165) is 42.0 Å². The van der Waals surface area contributed by atoms with Crippen molar-refractivity contribution in [3.05, 3.63) is 53.0 Å². The molecule has 5 nitrogen and oxygen atoms in total. The predicted octanol–water partition coefficient (Wildman–Crippen LogP) is 2.74. The summed E-state index contributed by atoms with van der Waals surface area (Å²) in [4.78, 5) is 14.8. The topological polar surface area (TPSA) is 58.1 Å². The van der Waals surface area contributed by atoms with Gasteiger partial charge in [0, 0.05) is 32.0 Å². The average Bonchev–Trinajstić information content (AvgIpc) is 3.42. The molecule has 2 atom stereocenters. The van der Waals surface area contributed by atoms with Gasteiger partial charge in [-0.25, -0.2) is 4.39 Å². The normalized spacial score (nSPS) is 21.6. The number of hydrogen-bond acceptors (Lipinski definition) is 4. The quantitative estimate of drug-likeness (QED) is 0.930. The van der Waals surface area contributed by atoms with Gasteiger partial charge in [0.1, 0.15) is 11.6 Å². The van der Waals surface area contributed by atoms with Gasteiger partial charge in [0.15, 0.2) is 0 Å². The van der Waals surface area contributed by atoms with E-state index in [0.29, 0.717) is 13.1 Å². The molecule has 1 saturated carbocycles. The van der Waals surface area contributed by atoms with Gasteiger partial charge in [-0.05, 0) is 48.6 Å². The second kappa shape index (κ2) is 6.43. The molecule has 130 valence electrons. The van der Waals surface area contributed by atoms with Crippen LogP contribution in [0.3, 0.4) is 0 Å². The van der Waals surface area contributed by atoms with Crippen molar-refractivity contribution in [1.29, 1.82) is 0 Å². The predicted molar refractivity (Wildman–Crippen MR) is 92.6 cm³/mol. The Morgan fingerprint density at radius 2 is 2.12 bits per heavy atom. The average molecular weight is 340 g/mol. The second-order valence-corrected chi connectivity index (χ2v) is 6.74. The van der Waals surface area contributed by atoms with E-state index in [-0.39, 0.29) is 23.6 Å². The molecule has 0 unspecified atom stereocenters. The summed E-state index contributed by atoms with van der Waals surface area (Å²) in [6.45, 7) is 4.08. The molecule has 1 aliphatic carbocycles. The summed E-state index contributed by atoms with van der Waals surface area (Å²) in [5.41, 5.74) is 3.11. The number of rotatable bonds is 4. The van der Waals surface area contributed by atoms with Gasteiger partial charge in [-0.2, -0.15) is 5.10 Å². The molecule has 1 aromatic heterocycles. The van der Waals surface area contributed by atoms with Crippen molar-refractivity contribution in [3.63, 3.8) is 0 Å². The van der Waals surface area contributed by atoms with E-state index in [1.807, 2.05) is 17.9 Å². The fourth-order valence-electron chi connectivity index (χ4n) is 3.57. The lowest BCUT2D eigenvalue weighted by molar-refractivity contribution is -0.133. The molecular weight excluding hydrogens is 319 g/mol. The molecule has 1 amide bonds. The number of carbonyl (C=O) groups excluding carboxylic acids is 1. The molecule has 25 heavy (non-hydrogen) atoms. The van der Waals surface area contributed by atoms with Crippen molar-refractivity contribution in [2.75, 3.05) is 18.4 Å². The molecule has 1 N–H and O–H groups in total. The summed E-state index contributed by atoms with van der Waals surface area (Å²) in [5.74, 6) is 0.961. The zero-order chi connectivity index (χ0) is 17.4. The van der Waals surface area contributed by atoms with Gasteiger partial charge in [-0.3, -0.25) is 4.79 Å². The molecule has 2 heterocycles. The molecule has 0 bridgehead atoms. The van der Waals surface area contributed by atoms with E-state index < -0.39 is 0 Å². The Labute approximate surface area is 146 Å². The van der Waals surface area contributed by atoms with Crippen molar-refractivity contribution in [2.24, 2.45) is 5.92 Å². The zero-order valence-corrected chi connectivity index (χ0v) is 14.2. The van der Waals surface area contributed by atoms with Gasteiger partial charge in [0.2, 0.25) is 5.91 Å². The van der Waals surface area contributed by atoms with Crippen molar-refractivity contribution in [1.82, 2.24) is 15.1 Å². The molecule has 0 saturated heterocycles. The number of nitrogens with one attached hydrogen (secondary N) is 1. The first-order valence-electron chi connectivity index (χ1n) is 8.79. The minimum Gasteiger partial charge on any atom is -0.369 e. The lowest BCUT2D eigenvalue weighted by Crippen LogP contribution is -2.37. The minimum atomic E-state index is -0.238. The third-order valence-electron chi connectivity index (χ3n) is 5.02. The fraction of sp³-hybridized carbons (Fsp3) is 0.421. The number of amides is 1. The lowest BCUT2D eigenvalue weighted by Gasteiger charge is -2.28. The first-order chi connectivity index (χ1) is 12.2. The summed E-state index contributed by atoms with van der Waals surface area (Å²) >= 11 is 0.